The average molecular weight is 512 g/mol. The Morgan fingerprint density at radius 1 is 1.14 bits per heavy atom. The van der Waals surface area contributed by atoms with E-state index in [0.29, 0.717) is 22.7 Å². The molecule has 0 aliphatic rings. The van der Waals surface area contributed by atoms with E-state index in [1.807, 2.05) is 0 Å². The Kier molecular flexibility index (Phi) is 6.23. The molecule has 0 bridgehead atoms. The highest BCUT2D eigenvalue weighted by molar-refractivity contribution is 6.28. The zero-order valence-electron chi connectivity index (χ0n) is 19.0. The second-order valence-corrected chi connectivity index (χ2v) is 8.42. The monoisotopic (exact) mass is 511 g/mol. The van der Waals surface area contributed by atoms with Crippen molar-refractivity contribution >= 4 is 28.9 Å². The first kappa shape index (κ1) is 24.5. The third kappa shape index (κ3) is 5.10. The first-order valence-corrected chi connectivity index (χ1v) is 10.6. The standard InChI is InChI=1S/C21H21ClF3N7O3/c1-11(21(23,24)25)35-16-8-6-13(20(2,3)33)17-28-19(30-32(16)17)27-12-5-7-14(15(9-12)34-4)31-10-26-18(22)29-31/h5-11,33H,1-4H3,(H,27,30). The Balaban J connectivity index is 1.72. The van der Waals surface area contributed by atoms with Crippen molar-refractivity contribution in [2.45, 2.75) is 38.7 Å². The summed E-state index contributed by atoms with van der Waals surface area (Å²) in [4.78, 5) is 8.25. The summed E-state index contributed by atoms with van der Waals surface area (Å²) in [6.07, 6.45) is -5.23. The number of nitrogens with one attached hydrogen (secondary N) is 1. The fourth-order valence-corrected chi connectivity index (χ4v) is 3.37. The van der Waals surface area contributed by atoms with Gasteiger partial charge in [-0.2, -0.15) is 22.7 Å². The molecular weight excluding hydrogens is 491 g/mol. The number of hydrogen-bond acceptors (Lipinski definition) is 8. The van der Waals surface area contributed by atoms with Crippen LogP contribution in [0.1, 0.15) is 26.3 Å². The number of aromatic nitrogens is 6. The van der Waals surface area contributed by atoms with Gasteiger partial charge in [-0.15, -0.1) is 10.2 Å². The number of ether oxygens (including phenoxy) is 2. The summed E-state index contributed by atoms with van der Waals surface area (Å²) >= 11 is 5.79. The largest absolute Gasteiger partial charge is 0.494 e. The van der Waals surface area contributed by atoms with Gasteiger partial charge in [0.25, 0.3) is 0 Å². The van der Waals surface area contributed by atoms with Crippen LogP contribution in [-0.2, 0) is 5.60 Å². The molecule has 0 fully saturated rings. The zero-order chi connectivity index (χ0) is 25.5. The number of methoxy groups -OCH3 is 1. The molecule has 14 heteroatoms. The first-order chi connectivity index (χ1) is 16.4. The molecule has 0 saturated carbocycles. The molecule has 0 amide bonds. The van der Waals surface area contributed by atoms with Crippen LogP contribution >= 0.6 is 11.6 Å². The molecule has 10 nitrogen and oxygen atoms in total. The fraction of sp³-hybridized carbons (Fsp3) is 0.333. The van der Waals surface area contributed by atoms with Crippen molar-refractivity contribution in [3.05, 3.63) is 47.5 Å². The number of halogens is 4. The van der Waals surface area contributed by atoms with Crippen LogP contribution < -0.4 is 14.8 Å². The van der Waals surface area contributed by atoms with Gasteiger partial charge < -0.3 is 19.9 Å². The lowest BCUT2D eigenvalue weighted by Gasteiger charge is -2.21. The minimum absolute atomic E-state index is 0.0600. The number of hydrogen-bond donors (Lipinski definition) is 2. The maximum atomic E-state index is 13.1. The number of anilines is 2. The van der Waals surface area contributed by atoms with Gasteiger partial charge in [0.1, 0.15) is 17.8 Å². The van der Waals surface area contributed by atoms with Gasteiger partial charge in [-0.1, -0.05) is 0 Å². The molecule has 0 saturated heterocycles. The van der Waals surface area contributed by atoms with Crippen molar-refractivity contribution in [3.8, 4) is 17.3 Å². The van der Waals surface area contributed by atoms with E-state index < -0.39 is 17.9 Å². The minimum atomic E-state index is -4.57. The van der Waals surface area contributed by atoms with Gasteiger partial charge in [0.2, 0.25) is 17.1 Å². The number of rotatable bonds is 7. The van der Waals surface area contributed by atoms with Crippen LogP contribution in [0, 0.1) is 0 Å². The molecule has 0 spiro atoms. The lowest BCUT2D eigenvalue weighted by Crippen LogP contribution is -2.32. The molecule has 2 N–H and O–H groups in total. The van der Waals surface area contributed by atoms with Crippen molar-refractivity contribution < 1.29 is 27.8 Å². The van der Waals surface area contributed by atoms with E-state index in [1.54, 1.807) is 18.2 Å². The van der Waals surface area contributed by atoms with E-state index in [9.17, 15) is 18.3 Å². The topological polar surface area (TPSA) is 112 Å². The second kappa shape index (κ2) is 8.89. The lowest BCUT2D eigenvalue weighted by molar-refractivity contribution is -0.190. The van der Waals surface area contributed by atoms with Crippen LogP contribution in [0.3, 0.4) is 0 Å². The van der Waals surface area contributed by atoms with Gasteiger partial charge in [-0.25, -0.2) is 9.67 Å². The Bertz CT molecular complexity index is 1360. The summed E-state index contributed by atoms with van der Waals surface area (Å²) in [5.74, 6) is 0.305. The molecular formula is C21H21ClF3N7O3. The predicted octanol–water partition coefficient (Wildman–Crippen LogP) is 4.27. The van der Waals surface area contributed by atoms with Crippen molar-refractivity contribution in [1.29, 1.82) is 0 Å². The molecule has 1 aromatic carbocycles. The minimum Gasteiger partial charge on any atom is -0.494 e. The van der Waals surface area contributed by atoms with Crippen LogP contribution in [0.15, 0.2) is 36.7 Å². The summed E-state index contributed by atoms with van der Waals surface area (Å²) < 4.78 is 52.3. The molecule has 186 valence electrons. The summed E-state index contributed by atoms with van der Waals surface area (Å²) in [6.45, 7) is 3.95. The number of aliphatic hydroxyl groups is 1. The van der Waals surface area contributed by atoms with E-state index >= 15 is 0 Å². The van der Waals surface area contributed by atoms with Crippen molar-refractivity contribution in [1.82, 2.24) is 29.4 Å². The SMILES string of the molecule is COc1cc(Nc2nc3c(C(C)(C)O)ccc(OC(C)C(F)(F)F)n3n2)ccc1-n1cnc(Cl)n1. The van der Waals surface area contributed by atoms with Gasteiger partial charge in [-0.05, 0) is 50.6 Å². The summed E-state index contributed by atoms with van der Waals surface area (Å²) in [6, 6.07) is 7.80. The maximum absolute atomic E-state index is 13.1. The molecule has 3 heterocycles. The van der Waals surface area contributed by atoms with Gasteiger partial charge in [0.05, 0.1) is 12.7 Å². The number of fused-ring (bicyclic) bond motifs is 1. The molecule has 0 radical (unpaired) electrons. The van der Waals surface area contributed by atoms with E-state index in [-0.39, 0.29) is 22.8 Å². The van der Waals surface area contributed by atoms with Crippen molar-refractivity contribution in [2.24, 2.45) is 0 Å². The van der Waals surface area contributed by atoms with Gasteiger partial charge in [-0.3, -0.25) is 0 Å². The van der Waals surface area contributed by atoms with Crippen LogP contribution in [0.5, 0.6) is 11.6 Å². The smallest absolute Gasteiger partial charge is 0.425 e. The highest BCUT2D eigenvalue weighted by Crippen LogP contribution is 2.32. The Morgan fingerprint density at radius 2 is 1.89 bits per heavy atom. The van der Waals surface area contributed by atoms with Crippen LogP contribution in [0.4, 0.5) is 24.8 Å². The molecule has 0 aliphatic carbocycles. The third-order valence-electron chi connectivity index (χ3n) is 5.01. The number of pyridine rings is 1. The predicted molar refractivity (Wildman–Crippen MR) is 121 cm³/mol. The van der Waals surface area contributed by atoms with Crippen LogP contribution in [0.2, 0.25) is 5.28 Å². The molecule has 1 unspecified atom stereocenters. The second-order valence-electron chi connectivity index (χ2n) is 8.09. The normalized spacial score (nSPS) is 13.2. The van der Waals surface area contributed by atoms with E-state index in [0.717, 1.165) is 11.4 Å². The van der Waals surface area contributed by atoms with Gasteiger partial charge in [0.15, 0.2) is 11.8 Å². The summed E-state index contributed by atoms with van der Waals surface area (Å²) in [5.41, 5.74) is 0.225. The van der Waals surface area contributed by atoms with E-state index in [2.05, 4.69) is 25.5 Å². The Labute approximate surface area is 202 Å². The van der Waals surface area contributed by atoms with Gasteiger partial charge in [0, 0.05) is 23.4 Å². The van der Waals surface area contributed by atoms with Crippen LogP contribution in [-0.4, -0.2) is 53.9 Å². The lowest BCUT2D eigenvalue weighted by atomic mass is 10.00. The first-order valence-electron chi connectivity index (χ1n) is 10.3. The number of alkyl halides is 3. The van der Waals surface area contributed by atoms with E-state index in [4.69, 9.17) is 21.1 Å². The Hall–Kier alpha value is -3.58. The van der Waals surface area contributed by atoms with E-state index in [1.165, 1.54) is 44.1 Å². The highest BCUT2D eigenvalue weighted by Gasteiger charge is 2.38. The molecule has 3 aromatic heterocycles. The number of nitrogens with zero attached hydrogens (tertiary/aromatic N) is 6. The summed E-state index contributed by atoms with van der Waals surface area (Å²) in [7, 11) is 1.48. The van der Waals surface area contributed by atoms with Crippen LogP contribution in [0.25, 0.3) is 11.3 Å². The molecule has 35 heavy (non-hydrogen) atoms. The fourth-order valence-electron chi connectivity index (χ4n) is 3.24. The number of benzene rings is 1. The molecule has 4 rings (SSSR count). The maximum Gasteiger partial charge on any atom is 0.425 e. The van der Waals surface area contributed by atoms with Crippen molar-refractivity contribution in [2.75, 3.05) is 12.4 Å². The summed E-state index contributed by atoms with van der Waals surface area (Å²) in [5, 5.41) is 21.9. The Morgan fingerprint density at radius 3 is 2.49 bits per heavy atom. The molecule has 4 aromatic rings. The highest BCUT2D eigenvalue weighted by atomic mass is 35.5. The average Bonchev–Trinajstić information content (AvgIpc) is 3.38. The third-order valence-corrected chi connectivity index (χ3v) is 5.19. The van der Waals surface area contributed by atoms with Gasteiger partial charge >= 0.3 is 6.18 Å². The zero-order valence-corrected chi connectivity index (χ0v) is 19.8. The van der Waals surface area contributed by atoms with Crippen molar-refractivity contribution in [3.63, 3.8) is 0 Å². The molecule has 0 aliphatic heterocycles. The molecule has 1 atom stereocenters. The quantitative estimate of drug-likeness (QED) is 0.378.